The highest BCUT2D eigenvalue weighted by molar-refractivity contribution is 5.76. The minimum atomic E-state index is -0.319. The molecule has 1 aliphatic carbocycles. The van der Waals surface area contributed by atoms with E-state index in [1.54, 1.807) is 0 Å². The Balaban J connectivity index is 2.52. The number of alkyl carbamates (subject to hydrolysis) is 1. The van der Waals surface area contributed by atoms with E-state index >= 15 is 0 Å². The maximum Gasteiger partial charge on any atom is 0.407 e. The van der Waals surface area contributed by atoms with E-state index in [2.05, 4.69) is 45.3 Å². The summed E-state index contributed by atoms with van der Waals surface area (Å²) < 4.78 is 5.31. The van der Waals surface area contributed by atoms with Crippen molar-refractivity contribution in [3.63, 3.8) is 0 Å². The van der Waals surface area contributed by atoms with Gasteiger partial charge in [-0.05, 0) is 42.9 Å². The molecule has 0 aromatic carbocycles. The molecule has 2 unspecified atom stereocenters. The molecule has 0 heterocycles. The molecule has 1 rings (SSSR count). The molecule has 2 atom stereocenters. The lowest BCUT2D eigenvalue weighted by atomic mass is 9.61. The van der Waals surface area contributed by atoms with Crippen molar-refractivity contribution >= 4 is 12.0 Å². The predicted molar refractivity (Wildman–Crippen MR) is 111 cm³/mol. The number of amides is 2. The van der Waals surface area contributed by atoms with Crippen LogP contribution in [0.25, 0.3) is 0 Å². The van der Waals surface area contributed by atoms with Crippen molar-refractivity contribution < 1.29 is 14.3 Å². The van der Waals surface area contributed by atoms with Crippen molar-refractivity contribution in [3.8, 4) is 0 Å². The monoisotopic (exact) mass is 382 g/mol. The Kier molecular flexibility index (Phi) is 10.2. The summed E-state index contributed by atoms with van der Waals surface area (Å²) in [6.45, 7) is 12.2. The molecule has 0 aliphatic heterocycles. The van der Waals surface area contributed by atoms with E-state index in [4.69, 9.17) is 4.74 Å². The fraction of sp³-hybridized carbons (Fsp3) is 0.909. The van der Waals surface area contributed by atoms with Crippen LogP contribution in [0, 0.1) is 10.8 Å². The first-order valence-electron chi connectivity index (χ1n) is 10.9. The van der Waals surface area contributed by atoms with Gasteiger partial charge in [0.2, 0.25) is 5.91 Å². The fourth-order valence-electron chi connectivity index (χ4n) is 4.65. The summed E-state index contributed by atoms with van der Waals surface area (Å²) in [6.07, 6.45) is 9.39. The van der Waals surface area contributed by atoms with E-state index in [1.807, 2.05) is 0 Å². The van der Waals surface area contributed by atoms with Gasteiger partial charge in [0.15, 0.2) is 0 Å². The molecular weight excluding hydrogens is 340 g/mol. The van der Waals surface area contributed by atoms with Gasteiger partial charge in [-0.2, -0.15) is 0 Å². The molecule has 2 N–H and O–H groups in total. The van der Waals surface area contributed by atoms with E-state index in [0.29, 0.717) is 13.0 Å². The summed E-state index contributed by atoms with van der Waals surface area (Å²) in [4.78, 5) is 24.5. The third-order valence-corrected chi connectivity index (χ3v) is 5.44. The first kappa shape index (κ1) is 23.8. The zero-order valence-electron chi connectivity index (χ0n) is 18.3. The van der Waals surface area contributed by atoms with Gasteiger partial charge < -0.3 is 15.4 Å². The summed E-state index contributed by atoms with van der Waals surface area (Å²) in [5.41, 5.74) is -0.00754. The average Bonchev–Trinajstić information content (AvgIpc) is 2.53. The number of rotatable bonds is 11. The first-order chi connectivity index (χ1) is 12.7. The molecule has 0 saturated heterocycles. The topological polar surface area (TPSA) is 67.4 Å². The zero-order valence-corrected chi connectivity index (χ0v) is 18.3. The Morgan fingerprint density at radius 1 is 1.00 bits per heavy atom. The molecule has 0 aromatic heterocycles. The van der Waals surface area contributed by atoms with Crippen LogP contribution in [0.1, 0.15) is 98.8 Å². The minimum Gasteiger partial charge on any atom is -0.450 e. The lowest BCUT2D eigenvalue weighted by Crippen LogP contribution is -2.48. The quantitative estimate of drug-likeness (QED) is 0.484. The molecule has 5 nitrogen and oxygen atoms in total. The van der Waals surface area contributed by atoms with Gasteiger partial charge in [-0.25, -0.2) is 4.79 Å². The highest BCUT2D eigenvalue weighted by atomic mass is 16.5. The van der Waals surface area contributed by atoms with Gasteiger partial charge in [-0.3, -0.25) is 4.79 Å². The van der Waals surface area contributed by atoms with Crippen LogP contribution >= 0.6 is 0 Å². The van der Waals surface area contributed by atoms with E-state index in [1.165, 1.54) is 0 Å². The highest BCUT2D eigenvalue weighted by Crippen LogP contribution is 2.47. The second kappa shape index (κ2) is 11.6. The second-order valence-corrected chi connectivity index (χ2v) is 9.48. The lowest BCUT2D eigenvalue weighted by Gasteiger charge is -2.46. The van der Waals surface area contributed by atoms with Crippen LogP contribution in [0.15, 0.2) is 0 Å². The summed E-state index contributed by atoms with van der Waals surface area (Å²) in [5.74, 6) is 0.132. The molecule has 2 amide bonds. The SMILES string of the molecule is CCCCCNC(=O)CC1(C)CC(NC(=O)OCCCCC)CC(C)(C)C1. The third kappa shape index (κ3) is 10.0. The van der Waals surface area contributed by atoms with E-state index in [-0.39, 0.29) is 28.9 Å². The van der Waals surface area contributed by atoms with E-state index in [0.717, 1.165) is 64.3 Å². The molecule has 0 spiro atoms. The number of ether oxygens (including phenoxy) is 1. The smallest absolute Gasteiger partial charge is 0.407 e. The Bertz CT molecular complexity index is 464. The lowest BCUT2D eigenvalue weighted by molar-refractivity contribution is -0.124. The number of carbonyl (C=O) groups excluding carboxylic acids is 2. The standard InChI is InChI=1S/C22H42N2O3/c1-6-8-10-12-23-19(25)16-22(5)15-18(14-21(3,4)17-22)24-20(26)27-13-11-9-7-2/h18H,6-17H2,1-5H3,(H,23,25)(H,24,26). The van der Waals surface area contributed by atoms with E-state index < -0.39 is 0 Å². The van der Waals surface area contributed by atoms with Crippen molar-refractivity contribution in [3.05, 3.63) is 0 Å². The Labute approximate surface area is 166 Å². The number of carbonyl (C=O) groups is 2. The minimum absolute atomic E-state index is 0.0605. The summed E-state index contributed by atoms with van der Waals surface area (Å²) in [7, 11) is 0. The van der Waals surface area contributed by atoms with E-state index in [9.17, 15) is 9.59 Å². The third-order valence-electron chi connectivity index (χ3n) is 5.44. The Morgan fingerprint density at radius 2 is 1.67 bits per heavy atom. The summed E-state index contributed by atoms with van der Waals surface area (Å²) in [6, 6.07) is 0.0605. The summed E-state index contributed by atoms with van der Waals surface area (Å²) >= 11 is 0. The molecule has 0 aromatic rings. The molecule has 27 heavy (non-hydrogen) atoms. The van der Waals surface area contributed by atoms with Gasteiger partial charge in [0, 0.05) is 19.0 Å². The Hall–Kier alpha value is -1.26. The molecule has 1 fully saturated rings. The number of hydrogen-bond acceptors (Lipinski definition) is 3. The van der Waals surface area contributed by atoms with Crippen molar-refractivity contribution in [2.45, 2.75) is 105 Å². The molecule has 0 bridgehead atoms. The molecule has 1 aliphatic rings. The molecule has 0 radical (unpaired) electrons. The van der Waals surface area contributed by atoms with Gasteiger partial charge in [-0.1, -0.05) is 60.3 Å². The van der Waals surface area contributed by atoms with Crippen LogP contribution in [0.2, 0.25) is 0 Å². The first-order valence-corrected chi connectivity index (χ1v) is 10.9. The average molecular weight is 383 g/mol. The van der Waals surface area contributed by atoms with Gasteiger partial charge in [-0.15, -0.1) is 0 Å². The van der Waals surface area contributed by atoms with Crippen molar-refractivity contribution in [2.24, 2.45) is 10.8 Å². The van der Waals surface area contributed by atoms with Crippen LogP contribution in [0.4, 0.5) is 4.79 Å². The maximum absolute atomic E-state index is 12.4. The summed E-state index contributed by atoms with van der Waals surface area (Å²) in [5, 5.41) is 6.11. The number of unbranched alkanes of at least 4 members (excludes halogenated alkanes) is 4. The number of nitrogens with one attached hydrogen (secondary N) is 2. The maximum atomic E-state index is 12.4. The Morgan fingerprint density at radius 3 is 2.33 bits per heavy atom. The molecular formula is C22H42N2O3. The molecule has 1 saturated carbocycles. The van der Waals surface area contributed by atoms with Gasteiger partial charge in [0.1, 0.15) is 0 Å². The molecule has 5 heteroatoms. The van der Waals surface area contributed by atoms with Crippen LogP contribution in [-0.4, -0.2) is 31.2 Å². The second-order valence-electron chi connectivity index (χ2n) is 9.48. The van der Waals surface area contributed by atoms with Crippen LogP contribution in [-0.2, 0) is 9.53 Å². The predicted octanol–water partition coefficient (Wildman–Crippen LogP) is 5.18. The van der Waals surface area contributed by atoms with Crippen molar-refractivity contribution in [1.82, 2.24) is 10.6 Å². The zero-order chi connectivity index (χ0) is 20.3. The van der Waals surface area contributed by atoms with Crippen LogP contribution in [0.5, 0.6) is 0 Å². The van der Waals surface area contributed by atoms with Crippen molar-refractivity contribution in [2.75, 3.05) is 13.2 Å². The van der Waals surface area contributed by atoms with Crippen LogP contribution < -0.4 is 10.6 Å². The highest BCUT2D eigenvalue weighted by Gasteiger charge is 2.42. The van der Waals surface area contributed by atoms with Crippen LogP contribution in [0.3, 0.4) is 0 Å². The largest absolute Gasteiger partial charge is 0.450 e. The van der Waals surface area contributed by atoms with Crippen molar-refractivity contribution in [1.29, 1.82) is 0 Å². The number of hydrogen-bond donors (Lipinski definition) is 2. The van der Waals surface area contributed by atoms with Gasteiger partial charge in [0.05, 0.1) is 6.61 Å². The van der Waals surface area contributed by atoms with Gasteiger partial charge >= 0.3 is 6.09 Å². The van der Waals surface area contributed by atoms with Gasteiger partial charge in [0.25, 0.3) is 0 Å². The normalized spacial score (nSPS) is 24.3. The fourth-order valence-corrected chi connectivity index (χ4v) is 4.65. The molecule has 158 valence electrons.